The molecule has 0 aliphatic rings. The van der Waals surface area contributed by atoms with Gasteiger partial charge in [0.15, 0.2) is 0 Å². The Morgan fingerprint density at radius 2 is 1.80 bits per heavy atom. The van der Waals surface area contributed by atoms with Gasteiger partial charge in [-0.25, -0.2) is 13.9 Å². The standard InChI is InChI=1S/C17H22N2O5S/c1-12(2)7-8-19(11-17(21)18-22)25(23,24)16-6-4-13-9-15(20)5-3-14(13)10-16/h3-6,9-10,12,20,22H,7-8,11H2,1-2H3,(H,18,21). The summed E-state index contributed by atoms with van der Waals surface area (Å²) in [6.45, 7) is 3.62. The maximum atomic E-state index is 12.9. The van der Waals surface area contributed by atoms with E-state index in [0.717, 1.165) is 4.31 Å². The maximum Gasteiger partial charge on any atom is 0.258 e. The number of hydrogen-bond acceptors (Lipinski definition) is 5. The van der Waals surface area contributed by atoms with Gasteiger partial charge in [-0.1, -0.05) is 26.0 Å². The van der Waals surface area contributed by atoms with Gasteiger partial charge in [0.25, 0.3) is 5.91 Å². The number of phenols is 1. The van der Waals surface area contributed by atoms with E-state index >= 15 is 0 Å². The van der Waals surface area contributed by atoms with Crippen LogP contribution in [0.1, 0.15) is 20.3 Å². The number of hydroxylamine groups is 1. The van der Waals surface area contributed by atoms with Crippen molar-refractivity contribution in [2.75, 3.05) is 13.1 Å². The second kappa shape index (κ2) is 7.81. The number of benzene rings is 2. The highest BCUT2D eigenvalue weighted by molar-refractivity contribution is 7.89. The lowest BCUT2D eigenvalue weighted by atomic mass is 10.1. The Kier molecular flexibility index (Phi) is 5.99. The molecule has 8 heteroatoms. The molecule has 0 radical (unpaired) electrons. The molecule has 0 spiro atoms. The lowest BCUT2D eigenvalue weighted by Gasteiger charge is -2.22. The number of carbonyl (C=O) groups is 1. The first-order valence-corrected chi connectivity index (χ1v) is 9.34. The topological polar surface area (TPSA) is 107 Å². The molecule has 0 unspecified atom stereocenters. The molecule has 3 N–H and O–H groups in total. The molecular formula is C17H22N2O5S. The minimum Gasteiger partial charge on any atom is -0.508 e. The van der Waals surface area contributed by atoms with Crippen LogP contribution in [0.5, 0.6) is 5.75 Å². The predicted molar refractivity (Wildman–Crippen MR) is 93.8 cm³/mol. The molecular weight excluding hydrogens is 344 g/mol. The smallest absolute Gasteiger partial charge is 0.258 e. The third kappa shape index (κ3) is 4.68. The van der Waals surface area contributed by atoms with Crippen LogP contribution in [-0.2, 0) is 14.8 Å². The Morgan fingerprint density at radius 3 is 2.44 bits per heavy atom. The van der Waals surface area contributed by atoms with Crippen molar-refractivity contribution in [2.24, 2.45) is 5.92 Å². The zero-order chi connectivity index (χ0) is 18.6. The maximum absolute atomic E-state index is 12.9. The first kappa shape index (κ1) is 19.2. The van der Waals surface area contributed by atoms with Gasteiger partial charge in [0, 0.05) is 6.54 Å². The summed E-state index contributed by atoms with van der Waals surface area (Å²) in [6.07, 6.45) is 0.583. The highest BCUT2D eigenvalue weighted by Gasteiger charge is 2.26. The number of rotatable bonds is 7. The molecule has 25 heavy (non-hydrogen) atoms. The molecule has 2 aromatic carbocycles. The summed E-state index contributed by atoms with van der Waals surface area (Å²) < 4.78 is 26.9. The molecule has 0 atom stereocenters. The third-order valence-corrected chi connectivity index (χ3v) is 5.67. The SMILES string of the molecule is CC(C)CCN(CC(=O)NO)S(=O)(=O)c1ccc2cc(O)ccc2c1. The fraction of sp³-hybridized carbons (Fsp3) is 0.353. The van der Waals surface area contributed by atoms with Gasteiger partial charge in [-0.3, -0.25) is 10.0 Å². The summed E-state index contributed by atoms with van der Waals surface area (Å²) in [5.41, 5.74) is 1.47. The van der Waals surface area contributed by atoms with Gasteiger partial charge >= 0.3 is 0 Å². The number of nitrogens with zero attached hydrogens (tertiary/aromatic N) is 1. The van der Waals surface area contributed by atoms with Crippen LogP contribution in [0.15, 0.2) is 41.3 Å². The molecule has 0 aliphatic heterocycles. The van der Waals surface area contributed by atoms with E-state index in [-0.39, 0.29) is 23.1 Å². The summed E-state index contributed by atoms with van der Waals surface area (Å²) in [5, 5.41) is 19.6. The molecule has 0 fully saturated rings. The second-order valence-electron chi connectivity index (χ2n) is 6.25. The van der Waals surface area contributed by atoms with E-state index in [2.05, 4.69) is 0 Å². The van der Waals surface area contributed by atoms with Crippen molar-refractivity contribution in [3.05, 3.63) is 36.4 Å². The van der Waals surface area contributed by atoms with Gasteiger partial charge in [0.05, 0.1) is 11.4 Å². The van der Waals surface area contributed by atoms with Crippen LogP contribution in [-0.4, -0.2) is 42.0 Å². The van der Waals surface area contributed by atoms with Gasteiger partial charge in [-0.2, -0.15) is 4.31 Å². The van der Waals surface area contributed by atoms with E-state index in [1.165, 1.54) is 23.7 Å². The van der Waals surface area contributed by atoms with Crippen molar-refractivity contribution < 1.29 is 23.5 Å². The van der Waals surface area contributed by atoms with Gasteiger partial charge < -0.3 is 5.11 Å². The molecule has 0 heterocycles. The fourth-order valence-electron chi connectivity index (χ4n) is 2.40. The molecule has 0 aromatic heterocycles. The van der Waals surface area contributed by atoms with Crippen LogP contribution in [0.25, 0.3) is 10.8 Å². The first-order chi connectivity index (χ1) is 11.7. The summed E-state index contributed by atoms with van der Waals surface area (Å²) in [6, 6.07) is 9.20. The van der Waals surface area contributed by atoms with E-state index in [4.69, 9.17) is 5.21 Å². The van der Waals surface area contributed by atoms with Crippen molar-refractivity contribution in [1.29, 1.82) is 0 Å². The average molecular weight is 366 g/mol. The van der Waals surface area contributed by atoms with E-state index in [0.29, 0.717) is 17.2 Å². The summed E-state index contributed by atoms with van der Waals surface area (Å²) >= 11 is 0. The van der Waals surface area contributed by atoms with Crippen LogP contribution < -0.4 is 5.48 Å². The molecule has 0 aliphatic carbocycles. The monoisotopic (exact) mass is 366 g/mol. The van der Waals surface area contributed by atoms with Crippen molar-refractivity contribution in [1.82, 2.24) is 9.79 Å². The summed E-state index contributed by atoms with van der Waals surface area (Å²) in [7, 11) is -3.90. The van der Waals surface area contributed by atoms with Gasteiger partial charge in [-0.05, 0) is 47.4 Å². The molecule has 2 rings (SSSR count). The summed E-state index contributed by atoms with van der Waals surface area (Å²) in [5.74, 6) is -0.436. The van der Waals surface area contributed by atoms with E-state index in [9.17, 15) is 18.3 Å². The highest BCUT2D eigenvalue weighted by Crippen LogP contribution is 2.25. The first-order valence-electron chi connectivity index (χ1n) is 7.90. The largest absolute Gasteiger partial charge is 0.508 e. The minimum atomic E-state index is -3.90. The number of fused-ring (bicyclic) bond motifs is 1. The molecule has 1 amide bonds. The van der Waals surface area contributed by atoms with Gasteiger partial charge in [0.1, 0.15) is 5.75 Å². The van der Waals surface area contributed by atoms with Crippen LogP contribution in [0, 0.1) is 5.92 Å². The highest BCUT2D eigenvalue weighted by atomic mass is 32.2. The van der Waals surface area contributed by atoms with Crippen molar-refractivity contribution >= 4 is 26.7 Å². The number of nitrogens with one attached hydrogen (secondary N) is 1. The normalized spacial score (nSPS) is 12.0. The number of phenolic OH excluding ortho intramolecular Hbond substituents is 1. The number of aromatic hydroxyl groups is 1. The minimum absolute atomic E-state index is 0.0557. The quantitative estimate of drug-likeness (QED) is 0.514. The van der Waals surface area contributed by atoms with Crippen LogP contribution in [0.3, 0.4) is 0 Å². The number of carbonyl (C=O) groups excluding carboxylic acids is 1. The Hall–Kier alpha value is -2.16. The molecule has 2 aromatic rings. The van der Waals surface area contributed by atoms with Crippen molar-refractivity contribution in [3.63, 3.8) is 0 Å². The number of hydrogen-bond donors (Lipinski definition) is 3. The molecule has 136 valence electrons. The molecule has 7 nitrogen and oxygen atoms in total. The Labute approximate surface area is 146 Å². The van der Waals surface area contributed by atoms with Gasteiger partial charge in [0.2, 0.25) is 10.0 Å². The van der Waals surface area contributed by atoms with Crippen molar-refractivity contribution in [3.8, 4) is 5.75 Å². The average Bonchev–Trinajstić information content (AvgIpc) is 2.57. The Balaban J connectivity index is 2.40. The van der Waals surface area contributed by atoms with Crippen LogP contribution in [0.2, 0.25) is 0 Å². The van der Waals surface area contributed by atoms with E-state index < -0.39 is 22.5 Å². The van der Waals surface area contributed by atoms with Crippen molar-refractivity contribution in [2.45, 2.75) is 25.2 Å². The van der Waals surface area contributed by atoms with Crippen LogP contribution in [0.4, 0.5) is 0 Å². The molecule has 0 saturated carbocycles. The summed E-state index contributed by atoms with van der Waals surface area (Å²) in [4.78, 5) is 11.6. The zero-order valence-corrected chi connectivity index (χ0v) is 15.0. The molecule has 0 saturated heterocycles. The van der Waals surface area contributed by atoms with E-state index in [1.54, 1.807) is 18.2 Å². The zero-order valence-electron chi connectivity index (χ0n) is 14.1. The Bertz CT molecular complexity index is 864. The predicted octanol–water partition coefficient (Wildman–Crippen LogP) is 2.09. The van der Waals surface area contributed by atoms with E-state index in [1.807, 2.05) is 13.8 Å². The van der Waals surface area contributed by atoms with Gasteiger partial charge in [-0.15, -0.1) is 0 Å². The fourth-order valence-corrected chi connectivity index (χ4v) is 3.85. The van der Waals surface area contributed by atoms with Crippen LogP contribution >= 0.6 is 0 Å². The molecule has 0 bridgehead atoms. The Morgan fingerprint density at radius 1 is 1.16 bits per heavy atom. The number of sulfonamides is 1. The lowest BCUT2D eigenvalue weighted by Crippen LogP contribution is -2.40. The second-order valence-corrected chi connectivity index (χ2v) is 8.19. The third-order valence-electron chi connectivity index (χ3n) is 3.83. The lowest BCUT2D eigenvalue weighted by molar-refractivity contribution is -0.129. The number of amides is 1.